The molecule has 2 aliphatic rings. The molecule has 0 bridgehead atoms. The number of nitrogens with zero attached hydrogens (tertiary/aromatic N) is 2. The quantitative estimate of drug-likeness (QED) is 0.838. The molecule has 1 aliphatic heterocycles. The summed E-state index contributed by atoms with van der Waals surface area (Å²) in [5.41, 5.74) is 6.05. The lowest BCUT2D eigenvalue weighted by Gasteiger charge is -2.39. The molecule has 0 aromatic rings. The monoisotopic (exact) mass is 267 g/mol. The third-order valence-corrected chi connectivity index (χ3v) is 5.01. The minimum Gasteiger partial charge on any atom is -0.339 e. The molecule has 1 amide bonds. The van der Waals surface area contributed by atoms with Crippen LogP contribution in [0.5, 0.6) is 0 Å². The van der Waals surface area contributed by atoms with Gasteiger partial charge in [-0.25, -0.2) is 0 Å². The Morgan fingerprint density at radius 2 is 1.79 bits per heavy atom. The highest BCUT2D eigenvalue weighted by atomic mass is 16.2. The molecule has 0 radical (unpaired) electrons. The van der Waals surface area contributed by atoms with E-state index >= 15 is 0 Å². The fourth-order valence-corrected chi connectivity index (χ4v) is 3.29. The Morgan fingerprint density at radius 1 is 1.21 bits per heavy atom. The highest BCUT2D eigenvalue weighted by Crippen LogP contribution is 2.24. The summed E-state index contributed by atoms with van der Waals surface area (Å²) < 4.78 is 0. The summed E-state index contributed by atoms with van der Waals surface area (Å²) >= 11 is 0. The van der Waals surface area contributed by atoms with E-state index in [0.717, 1.165) is 38.6 Å². The van der Waals surface area contributed by atoms with Gasteiger partial charge in [0.2, 0.25) is 5.91 Å². The van der Waals surface area contributed by atoms with Crippen LogP contribution in [-0.4, -0.2) is 54.0 Å². The van der Waals surface area contributed by atoms with E-state index in [1.807, 2.05) is 4.90 Å². The predicted molar refractivity (Wildman–Crippen MR) is 77.8 cm³/mol. The van der Waals surface area contributed by atoms with Gasteiger partial charge in [-0.2, -0.15) is 0 Å². The predicted octanol–water partition coefficient (Wildman–Crippen LogP) is 1.45. The molecule has 2 N–H and O–H groups in total. The topological polar surface area (TPSA) is 49.6 Å². The lowest BCUT2D eigenvalue weighted by molar-refractivity contribution is -0.135. The number of amides is 1. The van der Waals surface area contributed by atoms with Gasteiger partial charge in [-0.15, -0.1) is 0 Å². The first-order chi connectivity index (χ1) is 9.13. The van der Waals surface area contributed by atoms with Crippen molar-refractivity contribution in [3.63, 3.8) is 0 Å². The fraction of sp³-hybridized carbons (Fsp3) is 0.933. The average molecular weight is 267 g/mol. The SMILES string of the molecule is CCC(C)[C@H](N)C(=O)N1CCN(C2CCCC2)CC1. The number of hydrogen-bond donors (Lipinski definition) is 1. The van der Waals surface area contributed by atoms with Crippen LogP contribution >= 0.6 is 0 Å². The van der Waals surface area contributed by atoms with Crippen molar-refractivity contribution in [3.05, 3.63) is 0 Å². The maximum absolute atomic E-state index is 12.3. The van der Waals surface area contributed by atoms with Gasteiger partial charge in [0, 0.05) is 32.2 Å². The molecule has 0 spiro atoms. The summed E-state index contributed by atoms with van der Waals surface area (Å²) in [4.78, 5) is 16.9. The second kappa shape index (κ2) is 6.71. The van der Waals surface area contributed by atoms with Crippen LogP contribution in [0.1, 0.15) is 46.0 Å². The summed E-state index contributed by atoms with van der Waals surface area (Å²) in [6, 6.07) is 0.462. The first-order valence-corrected chi connectivity index (χ1v) is 7.92. The molecule has 4 heteroatoms. The number of nitrogens with two attached hydrogens (primary N) is 1. The van der Waals surface area contributed by atoms with Crippen molar-refractivity contribution >= 4 is 5.91 Å². The number of hydrogen-bond acceptors (Lipinski definition) is 3. The Morgan fingerprint density at radius 3 is 2.32 bits per heavy atom. The van der Waals surface area contributed by atoms with E-state index in [2.05, 4.69) is 18.7 Å². The van der Waals surface area contributed by atoms with Gasteiger partial charge in [0.1, 0.15) is 0 Å². The Bertz CT molecular complexity index is 294. The number of carbonyl (C=O) groups is 1. The second-order valence-electron chi connectivity index (χ2n) is 6.21. The summed E-state index contributed by atoms with van der Waals surface area (Å²) in [6.07, 6.45) is 6.42. The van der Waals surface area contributed by atoms with Crippen molar-refractivity contribution in [1.82, 2.24) is 9.80 Å². The lowest BCUT2D eigenvalue weighted by Crippen LogP contribution is -2.55. The summed E-state index contributed by atoms with van der Waals surface area (Å²) in [5, 5.41) is 0. The van der Waals surface area contributed by atoms with E-state index < -0.39 is 0 Å². The molecule has 19 heavy (non-hydrogen) atoms. The van der Waals surface area contributed by atoms with Crippen LogP contribution in [0.15, 0.2) is 0 Å². The van der Waals surface area contributed by atoms with Crippen molar-refractivity contribution in [2.24, 2.45) is 11.7 Å². The van der Waals surface area contributed by atoms with Gasteiger partial charge in [0.25, 0.3) is 0 Å². The fourth-order valence-electron chi connectivity index (χ4n) is 3.29. The van der Waals surface area contributed by atoms with Gasteiger partial charge in [-0.3, -0.25) is 9.69 Å². The maximum atomic E-state index is 12.3. The number of carbonyl (C=O) groups excluding carboxylic acids is 1. The van der Waals surface area contributed by atoms with E-state index in [0.29, 0.717) is 0 Å². The lowest BCUT2D eigenvalue weighted by atomic mass is 9.98. The molecule has 0 aromatic carbocycles. The Kier molecular flexibility index (Phi) is 5.22. The first kappa shape index (κ1) is 14.8. The van der Waals surface area contributed by atoms with Crippen LogP contribution in [0.25, 0.3) is 0 Å². The van der Waals surface area contributed by atoms with Crippen molar-refractivity contribution in [2.45, 2.75) is 58.0 Å². The van der Waals surface area contributed by atoms with Gasteiger partial charge in [-0.05, 0) is 18.8 Å². The van der Waals surface area contributed by atoms with Crippen molar-refractivity contribution < 1.29 is 4.79 Å². The number of piperazine rings is 1. The zero-order chi connectivity index (χ0) is 13.8. The zero-order valence-electron chi connectivity index (χ0n) is 12.5. The molecular weight excluding hydrogens is 238 g/mol. The standard InChI is InChI=1S/C15H29N3O/c1-3-12(2)14(16)15(19)18-10-8-17(9-11-18)13-6-4-5-7-13/h12-14H,3-11,16H2,1-2H3/t12?,14-/m0/s1. The van der Waals surface area contributed by atoms with Gasteiger partial charge in [0.15, 0.2) is 0 Å². The highest BCUT2D eigenvalue weighted by molar-refractivity contribution is 5.82. The van der Waals surface area contributed by atoms with E-state index in [1.54, 1.807) is 0 Å². The van der Waals surface area contributed by atoms with E-state index in [9.17, 15) is 4.79 Å². The minimum atomic E-state index is -0.317. The summed E-state index contributed by atoms with van der Waals surface area (Å²) in [6.45, 7) is 7.94. The van der Waals surface area contributed by atoms with Crippen molar-refractivity contribution in [1.29, 1.82) is 0 Å². The Labute approximate surface area is 117 Å². The molecule has 1 unspecified atom stereocenters. The van der Waals surface area contributed by atoms with E-state index in [1.165, 1.54) is 25.7 Å². The van der Waals surface area contributed by atoms with Crippen molar-refractivity contribution in [2.75, 3.05) is 26.2 Å². The van der Waals surface area contributed by atoms with Crippen LogP contribution in [0.3, 0.4) is 0 Å². The van der Waals surface area contributed by atoms with Crippen LogP contribution in [-0.2, 0) is 4.79 Å². The Balaban J connectivity index is 1.80. The molecular formula is C15H29N3O. The van der Waals surface area contributed by atoms with Crippen LogP contribution in [0.2, 0.25) is 0 Å². The van der Waals surface area contributed by atoms with E-state index in [4.69, 9.17) is 5.73 Å². The molecule has 4 nitrogen and oxygen atoms in total. The largest absolute Gasteiger partial charge is 0.339 e. The molecule has 1 saturated heterocycles. The van der Waals surface area contributed by atoms with Gasteiger partial charge in [-0.1, -0.05) is 33.1 Å². The third-order valence-electron chi connectivity index (χ3n) is 5.01. The third kappa shape index (κ3) is 3.48. The summed E-state index contributed by atoms with van der Waals surface area (Å²) in [7, 11) is 0. The average Bonchev–Trinajstić information content (AvgIpc) is 2.99. The molecule has 1 heterocycles. The van der Waals surface area contributed by atoms with Gasteiger partial charge >= 0.3 is 0 Å². The van der Waals surface area contributed by atoms with Crippen LogP contribution < -0.4 is 5.73 Å². The van der Waals surface area contributed by atoms with Gasteiger partial charge < -0.3 is 10.6 Å². The van der Waals surface area contributed by atoms with Crippen LogP contribution in [0, 0.1) is 5.92 Å². The smallest absolute Gasteiger partial charge is 0.239 e. The molecule has 2 rings (SSSR count). The molecule has 1 aliphatic carbocycles. The Hall–Kier alpha value is -0.610. The molecule has 1 saturated carbocycles. The molecule has 0 aromatic heterocycles. The molecule has 110 valence electrons. The number of rotatable bonds is 4. The first-order valence-electron chi connectivity index (χ1n) is 7.92. The van der Waals surface area contributed by atoms with E-state index in [-0.39, 0.29) is 17.9 Å². The van der Waals surface area contributed by atoms with Crippen LogP contribution in [0.4, 0.5) is 0 Å². The van der Waals surface area contributed by atoms with Crippen molar-refractivity contribution in [3.8, 4) is 0 Å². The molecule has 2 atom stereocenters. The summed E-state index contributed by atoms with van der Waals surface area (Å²) in [5.74, 6) is 0.431. The minimum absolute atomic E-state index is 0.153. The highest BCUT2D eigenvalue weighted by Gasteiger charge is 2.30. The van der Waals surface area contributed by atoms with Gasteiger partial charge in [0.05, 0.1) is 6.04 Å². The zero-order valence-corrected chi connectivity index (χ0v) is 12.5. The maximum Gasteiger partial charge on any atom is 0.239 e. The normalized spacial score (nSPS) is 25.5. The second-order valence-corrected chi connectivity index (χ2v) is 6.21. The molecule has 2 fully saturated rings.